The van der Waals surface area contributed by atoms with Crippen molar-refractivity contribution in [1.82, 2.24) is 10.3 Å². The lowest BCUT2D eigenvalue weighted by Gasteiger charge is -2.29. The second-order valence-electron chi connectivity index (χ2n) is 4.92. The lowest BCUT2D eigenvalue weighted by Crippen LogP contribution is -2.37. The van der Waals surface area contributed by atoms with Gasteiger partial charge in [-0.15, -0.1) is 0 Å². The average molecular weight is 230 g/mol. The van der Waals surface area contributed by atoms with Gasteiger partial charge in [0.25, 0.3) is 0 Å². The quantitative estimate of drug-likeness (QED) is 0.703. The molecule has 1 fully saturated rings. The van der Waals surface area contributed by atoms with E-state index < -0.39 is 0 Å². The molecule has 1 aromatic heterocycles. The minimum absolute atomic E-state index is 0.0856. The molecule has 1 aliphatic rings. The molecule has 0 spiro atoms. The Balaban J connectivity index is 2.01. The Morgan fingerprint density at radius 1 is 1.35 bits per heavy atom. The molecule has 0 bridgehead atoms. The number of fused-ring (bicyclic) bond motifs is 1. The lowest BCUT2D eigenvalue weighted by molar-refractivity contribution is 0.0966. The fraction of sp³-hybridized carbons (Fsp3) is 0.429. The van der Waals surface area contributed by atoms with Crippen LogP contribution in [0.25, 0.3) is 10.9 Å². The van der Waals surface area contributed by atoms with Gasteiger partial charge in [0, 0.05) is 17.1 Å². The van der Waals surface area contributed by atoms with Crippen molar-refractivity contribution in [3.63, 3.8) is 0 Å². The van der Waals surface area contributed by atoms with Gasteiger partial charge in [0.2, 0.25) is 0 Å². The minimum Gasteiger partial charge on any atom is -0.391 e. The van der Waals surface area contributed by atoms with Crippen LogP contribution >= 0.6 is 0 Å². The third kappa shape index (κ3) is 1.85. The molecule has 90 valence electrons. The van der Waals surface area contributed by atoms with Crippen LogP contribution < -0.4 is 5.32 Å². The molecule has 2 unspecified atom stereocenters. The van der Waals surface area contributed by atoms with Gasteiger partial charge in [-0.2, -0.15) is 0 Å². The number of hydrogen-bond acceptors (Lipinski definition) is 2. The largest absolute Gasteiger partial charge is 0.391 e. The number of aryl methyl sites for hydroxylation is 1. The molecule has 3 rings (SSSR count). The molecule has 2 aromatic rings. The Hall–Kier alpha value is -1.32. The third-order valence-electron chi connectivity index (χ3n) is 3.70. The first-order valence-electron chi connectivity index (χ1n) is 6.25. The highest BCUT2D eigenvalue weighted by Gasteiger charge is 2.24. The van der Waals surface area contributed by atoms with Crippen LogP contribution in [0, 0.1) is 6.92 Å². The van der Waals surface area contributed by atoms with Crippen LogP contribution in [0.1, 0.15) is 30.0 Å². The van der Waals surface area contributed by atoms with Crippen molar-refractivity contribution >= 4 is 10.9 Å². The highest BCUT2D eigenvalue weighted by molar-refractivity contribution is 5.83. The second-order valence-corrected chi connectivity index (χ2v) is 4.92. The molecule has 1 saturated heterocycles. The Labute approximate surface area is 101 Å². The van der Waals surface area contributed by atoms with Gasteiger partial charge in [-0.05, 0) is 49.6 Å². The van der Waals surface area contributed by atoms with Crippen molar-refractivity contribution in [2.75, 3.05) is 6.54 Å². The zero-order chi connectivity index (χ0) is 11.8. The summed E-state index contributed by atoms with van der Waals surface area (Å²) in [5.41, 5.74) is 3.61. The first-order chi connectivity index (χ1) is 8.25. The zero-order valence-corrected chi connectivity index (χ0v) is 10.0. The van der Waals surface area contributed by atoms with Gasteiger partial charge in [0.15, 0.2) is 0 Å². The van der Waals surface area contributed by atoms with Gasteiger partial charge in [0.05, 0.1) is 12.1 Å². The fourth-order valence-electron chi connectivity index (χ4n) is 2.68. The number of aromatic nitrogens is 1. The molecule has 2 heterocycles. The summed E-state index contributed by atoms with van der Waals surface area (Å²) in [6.07, 6.45) is 3.71. The summed E-state index contributed by atoms with van der Waals surface area (Å²) in [5, 5.41) is 14.7. The molecule has 3 nitrogen and oxygen atoms in total. The normalized spacial score (nSPS) is 25.3. The van der Waals surface area contributed by atoms with Crippen LogP contribution in [-0.2, 0) is 0 Å². The van der Waals surface area contributed by atoms with Crippen LogP contribution in [0.15, 0.2) is 24.4 Å². The zero-order valence-electron chi connectivity index (χ0n) is 10.0. The standard InChI is InChI=1S/C14H18N2O/c1-9-8-16-12-5-4-10(7-11(9)12)14-13(17)3-2-6-15-14/h4-5,7-8,13-17H,2-3,6H2,1H3. The number of benzene rings is 1. The predicted octanol–water partition coefficient (Wildman–Crippen LogP) is 2.26. The van der Waals surface area contributed by atoms with E-state index in [4.69, 9.17) is 0 Å². The minimum atomic E-state index is -0.263. The fourth-order valence-corrected chi connectivity index (χ4v) is 2.68. The molecular formula is C14H18N2O. The summed E-state index contributed by atoms with van der Waals surface area (Å²) in [6, 6.07) is 6.47. The summed E-state index contributed by atoms with van der Waals surface area (Å²) in [7, 11) is 0. The molecule has 17 heavy (non-hydrogen) atoms. The van der Waals surface area contributed by atoms with Crippen molar-refractivity contribution in [1.29, 1.82) is 0 Å². The van der Waals surface area contributed by atoms with Gasteiger partial charge in [-0.3, -0.25) is 0 Å². The van der Waals surface area contributed by atoms with Gasteiger partial charge in [-0.25, -0.2) is 0 Å². The van der Waals surface area contributed by atoms with E-state index in [1.165, 1.54) is 16.5 Å². The molecule has 3 heteroatoms. The predicted molar refractivity (Wildman–Crippen MR) is 69.0 cm³/mol. The second kappa shape index (κ2) is 4.17. The first-order valence-corrected chi connectivity index (χ1v) is 6.25. The van der Waals surface area contributed by atoms with Gasteiger partial charge in [-0.1, -0.05) is 6.07 Å². The summed E-state index contributed by atoms with van der Waals surface area (Å²) in [6.45, 7) is 3.10. The van der Waals surface area contributed by atoms with E-state index in [-0.39, 0.29) is 12.1 Å². The van der Waals surface area contributed by atoms with E-state index in [1.54, 1.807) is 0 Å². The number of aliphatic hydroxyl groups is 1. The highest BCUT2D eigenvalue weighted by atomic mass is 16.3. The Morgan fingerprint density at radius 3 is 3.06 bits per heavy atom. The van der Waals surface area contributed by atoms with Crippen LogP contribution in [0.3, 0.4) is 0 Å². The molecular weight excluding hydrogens is 212 g/mol. The molecule has 0 saturated carbocycles. The average Bonchev–Trinajstić information content (AvgIpc) is 2.71. The molecule has 0 amide bonds. The summed E-state index contributed by atoms with van der Waals surface area (Å²) in [4.78, 5) is 3.25. The third-order valence-corrected chi connectivity index (χ3v) is 3.70. The Kier molecular flexibility index (Phi) is 2.65. The maximum Gasteiger partial charge on any atom is 0.0735 e. The van der Waals surface area contributed by atoms with Crippen LogP contribution in [0.4, 0.5) is 0 Å². The van der Waals surface area contributed by atoms with E-state index in [0.29, 0.717) is 0 Å². The number of hydrogen-bond donors (Lipinski definition) is 3. The number of piperidine rings is 1. The SMILES string of the molecule is Cc1c[nH]c2ccc(C3NCCCC3O)cc12. The van der Waals surface area contributed by atoms with E-state index >= 15 is 0 Å². The summed E-state index contributed by atoms with van der Waals surface area (Å²) in [5.74, 6) is 0. The lowest BCUT2D eigenvalue weighted by atomic mass is 9.93. The Morgan fingerprint density at radius 2 is 2.24 bits per heavy atom. The smallest absolute Gasteiger partial charge is 0.0735 e. The summed E-state index contributed by atoms with van der Waals surface area (Å²) < 4.78 is 0. The van der Waals surface area contributed by atoms with Crippen molar-refractivity contribution in [2.24, 2.45) is 0 Å². The number of aromatic amines is 1. The highest BCUT2D eigenvalue weighted by Crippen LogP contribution is 2.27. The van der Waals surface area contributed by atoms with Crippen molar-refractivity contribution in [3.8, 4) is 0 Å². The van der Waals surface area contributed by atoms with Crippen LogP contribution in [-0.4, -0.2) is 22.7 Å². The van der Waals surface area contributed by atoms with Gasteiger partial charge >= 0.3 is 0 Å². The maximum absolute atomic E-state index is 10.0. The molecule has 0 aliphatic carbocycles. The number of H-pyrrole nitrogens is 1. The van der Waals surface area contributed by atoms with Crippen molar-refractivity contribution in [3.05, 3.63) is 35.5 Å². The Bertz CT molecular complexity index is 532. The maximum atomic E-state index is 10.0. The van der Waals surface area contributed by atoms with E-state index in [2.05, 4.69) is 35.4 Å². The van der Waals surface area contributed by atoms with Gasteiger partial charge in [0.1, 0.15) is 0 Å². The van der Waals surface area contributed by atoms with E-state index in [9.17, 15) is 5.11 Å². The van der Waals surface area contributed by atoms with Crippen molar-refractivity contribution in [2.45, 2.75) is 31.9 Å². The molecule has 3 N–H and O–H groups in total. The molecule has 1 aromatic carbocycles. The van der Waals surface area contributed by atoms with E-state index in [1.807, 2.05) is 6.20 Å². The molecule has 2 atom stereocenters. The monoisotopic (exact) mass is 230 g/mol. The number of nitrogens with one attached hydrogen (secondary N) is 2. The molecule has 1 aliphatic heterocycles. The topological polar surface area (TPSA) is 48.0 Å². The van der Waals surface area contributed by atoms with Gasteiger partial charge < -0.3 is 15.4 Å². The van der Waals surface area contributed by atoms with Crippen molar-refractivity contribution < 1.29 is 5.11 Å². The van der Waals surface area contributed by atoms with Crippen LogP contribution in [0.5, 0.6) is 0 Å². The number of aliphatic hydroxyl groups excluding tert-OH is 1. The first kappa shape index (κ1) is 10.8. The van der Waals surface area contributed by atoms with Crippen LogP contribution in [0.2, 0.25) is 0 Å². The van der Waals surface area contributed by atoms with E-state index in [0.717, 1.165) is 24.9 Å². The summed E-state index contributed by atoms with van der Waals surface area (Å²) >= 11 is 0. The molecule has 0 radical (unpaired) electrons. The number of rotatable bonds is 1.